The van der Waals surface area contributed by atoms with E-state index in [1.165, 1.54) is 5.69 Å². The van der Waals surface area contributed by atoms with Gasteiger partial charge in [0.1, 0.15) is 0 Å². The lowest BCUT2D eigenvalue weighted by atomic mass is 9.92. The van der Waals surface area contributed by atoms with Gasteiger partial charge in [0, 0.05) is 23.9 Å². The Balaban J connectivity index is 1.92. The molecule has 0 saturated carbocycles. The third kappa shape index (κ3) is 3.34. The molecule has 0 aliphatic carbocycles. The van der Waals surface area contributed by atoms with Gasteiger partial charge in [-0.3, -0.25) is 9.58 Å². The normalized spacial score (nSPS) is 19.2. The highest BCUT2D eigenvalue weighted by Gasteiger charge is 2.25. The summed E-state index contributed by atoms with van der Waals surface area (Å²) < 4.78 is 1.92. The maximum atomic E-state index is 9.04. The van der Waals surface area contributed by atoms with Crippen LogP contribution in [0.1, 0.15) is 37.8 Å². The van der Waals surface area contributed by atoms with Crippen molar-refractivity contribution >= 4 is 0 Å². The molecule has 1 unspecified atom stereocenters. The Kier molecular flexibility index (Phi) is 4.94. The highest BCUT2D eigenvalue weighted by Crippen LogP contribution is 2.28. The van der Waals surface area contributed by atoms with E-state index in [-0.39, 0.29) is 6.61 Å². The Morgan fingerprint density at radius 3 is 2.89 bits per heavy atom. The van der Waals surface area contributed by atoms with Crippen molar-refractivity contribution in [1.29, 1.82) is 5.26 Å². The second kappa shape index (κ2) is 6.69. The topological polar surface area (TPSA) is 65.1 Å². The molecule has 0 bridgehead atoms. The Bertz CT molecular complexity index is 429. The van der Waals surface area contributed by atoms with Gasteiger partial charge in [-0.1, -0.05) is 0 Å². The lowest BCUT2D eigenvalue weighted by Gasteiger charge is -2.35. The fourth-order valence-electron chi connectivity index (χ4n) is 2.87. The number of aliphatic hydroxyl groups excluding tert-OH is 1. The van der Waals surface area contributed by atoms with Gasteiger partial charge in [-0.25, -0.2) is 0 Å². The van der Waals surface area contributed by atoms with Crippen LogP contribution in [0.3, 0.4) is 0 Å². The van der Waals surface area contributed by atoms with Crippen molar-refractivity contribution in [2.45, 2.75) is 44.7 Å². The fraction of sp³-hybridized carbons (Fsp3) is 0.714. The van der Waals surface area contributed by atoms with Crippen molar-refractivity contribution in [3.05, 3.63) is 18.0 Å². The molecule has 1 atom stereocenters. The number of aliphatic hydroxyl groups is 1. The minimum atomic E-state index is 0.132. The molecule has 1 N–H and O–H groups in total. The summed E-state index contributed by atoms with van der Waals surface area (Å²) in [6, 6.07) is 4.66. The van der Waals surface area contributed by atoms with Crippen LogP contribution < -0.4 is 0 Å². The van der Waals surface area contributed by atoms with Crippen molar-refractivity contribution < 1.29 is 5.11 Å². The van der Waals surface area contributed by atoms with Gasteiger partial charge in [0.15, 0.2) is 0 Å². The minimum Gasteiger partial charge on any atom is -0.394 e. The molecular weight excluding hydrogens is 240 g/mol. The van der Waals surface area contributed by atoms with Gasteiger partial charge in [-0.15, -0.1) is 0 Å². The van der Waals surface area contributed by atoms with Crippen LogP contribution in [0, 0.1) is 11.3 Å². The van der Waals surface area contributed by atoms with Gasteiger partial charge in [-0.05, 0) is 38.9 Å². The van der Waals surface area contributed by atoms with Crippen molar-refractivity contribution in [3.63, 3.8) is 0 Å². The quantitative estimate of drug-likeness (QED) is 0.870. The smallest absolute Gasteiger partial charge is 0.0644 e. The minimum absolute atomic E-state index is 0.132. The molecule has 2 rings (SSSR count). The summed E-state index contributed by atoms with van der Waals surface area (Å²) in [5.74, 6) is 0.527. The molecular formula is C14H22N4O. The number of likely N-dealkylation sites (tertiary alicyclic amines) is 1. The molecule has 1 aliphatic rings. The summed E-state index contributed by atoms with van der Waals surface area (Å²) in [6.07, 6.45) is 4.63. The van der Waals surface area contributed by atoms with Crippen LogP contribution >= 0.6 is 0 Å². The molecule has 5 heteroatoms. The van der Waals surface area contributed by atoms with Gasteiger partial charge < -0.3 is 5.11 Å². The number of hydrogen-bond acceptors (Lipinski definition) is 4. The second-order valence-corrected chi connectivity index (χ2v) is 5.22. The Morgan fingerprint density at radius 2 is 2.26 bits per heavy atom. The molecule has 1 aromatic heterocycles. The van der Waals surface area contributed by atoms with Gasteiger partial charge in [-0.2, -0.15) is 10.4 Å². The van der Waals surface area contributed by atoms with Crippen LogP contribution in [0.2, 0.25) is 0 Å². The zero-order valence-electron chi connectivity index (χ0n) is 11.5. The molecule has 2 heterocycles. The molecule has 5 nitrogen and oxygen atoms in total. The van der Waals surface area contributed by atoms with E-state index in [2.05, 4.69) is 29.1 Å². The van der Waals surface area contributed by atoms with Crippen molar-refractivity contribution in [1.82, 2.24) is 14.7 Å². The summed E-state index contributed by atoms with van der Waals surface area (Å²) in [5, 5.41) is 22.1. The number of piperidine rings is 1. The Hall–Kier alpha value is -1.38. The summed E-state index contributed by atoms with van der Waals surface area (Å²) in [4.78, 5) is 2.40. The van der Waals surface area contributed by atoms with Crippen LogP contribution in [-0.2, 0) is 6.54 Å². The summed E-state index contributed by atoms with van der Waals surface area (Å²) >= 11 is 0. The number of rotatable bonds is 5. The SMILES string of the molecule is CC(CC#N)N1CCC(c2ccnn2CCO)CC1. The monoisotopic (exact) mass is 262 g/mol. The predicted molar refractivity (Wildman–Crippen MR) is 72.6 cm³/mol. The zero-order valence-corrected chi connectivity index (χ0v) is 11.5. The largest absolute Gasteiger partial charge is 0.394 e. The van der Waals surface area contributed by atoms with Crippen LogP contribution in [-0.4, -0.2) is 45.5 Å². The lowest BCUT2D eigenvalue weighted by molar-refractivity contribution is 0.160. The first-order valence-electron chi connectivity index (χ1n) is 6.99. The van der Waals surface area contributed by atoms with Gasteiger partial charge in [0.05, 0.1) is 25.6 Å². The first-order chi connectivity index (χ1) is 9.26. The van der Waals surface area contributed by atoms with E-state index in [1.54, 1.807) is 0 Å². The van der Waals surface area contributed by atoms with Crippen LogP contribution in [0.15, 0.2) is 12.3 Å². The van der Waals surface area contributed by atoms with Gasteiger partial charge in [0.25, 0.3) is 0 Å². The zero-order chi connectivity index (χ0) is 13.7. The highest BCUT2D eigenvalue weighted by molar-refractivity contribution is 5.09. The summed E-state index contributed by atoms with van der Waals surface area (Å²) in [7, 11) is 0. The second-order valence-electron chi connectivity index (χ2n) is 5.22. The lowest BCUT2D eigenvalue weighted by Crippen LogP contribution is -2.39. The molecule has 19 heavy (non-hydrogen) atoms. The van der Waals surface area contributed by atoms with E-state index >= 15 is 0 Å². The third-order valence-electron chi connectivity index (χ3n) is 4.02. The third-order valence-corrected chi connectivity index (χ3v) is 4.02. The first-order valence-corrected chi connectivity index (χ1v) is 6.99. The molecule has 0 aromatic carbocycles. The molecule has 1 fully saturated rings. The van der Waals surface area contributed by atoms with E-state index < -0.39 is 0 Å². The van der Waals surface area contributed by atoms with E-state index in [9.17, 15) is 0 Å². The molecule has 0 amide bonds. The van der Waals surface area contributed by atoms with Crippen LogP contribution in [0.5, 0.6) is 0 Å². The summed E-state index contributed by atoms with van der Waals surface area (Å²) in [5.41, 5.74) is 1.24. The maximum Gasteiger partial charge on any atom is 0.0644 e. The fourth-order valence-corrected chi connectivity index (χ4v) is 2.87. The highest BCUT2D eigenvalue weighted by atomic mass is 16.3. The van der Waals surface area contributed by atoms with Crippen molar-refractivity contribution in [2.75, 3.05) is 19.7 Å². The molecule has 0 radical (unpaired) electrons. The predicted octanol–water partition coefficient (Wildman–Crippen LogP) is 1.36. The molecule has 1 saturated heterocycles. The number of nitrogens with zero attached hydrogens (tertiary/aromatic N) is 4. The molecule has 104 valence electrons. The number of nitriles is 1. The Morgan fingerprint density at radius 1 is 1.53 bits per heavy atom. The molecule has 1 aromatic rings. The van der Waals surface area contributed by atoms with E-state index in [4.69, 9.17) is 10.4 Å². The van der Waals surface area contributed by atoms with E-state index in [1.807, 2.05) is 10.9 Å². The van der Waals surface area contributed by atoms with Crippen LogP contribution in [0.4, 0.5) is 0 Å². The summed E-state index contributed by atoms with van der Waals surface area (Å²) in [6.45, 7) is 4.91. The van der Waals surface area contributed by atoms with E-state index in [0.29, 0.717) is 24.9 Å². The standard InChI is InChI=1S/C14H22N4O/c1-12(2-6-15)17-8-4-13(5-9-17)14-3-7-16-18(14)10-11-19/h3,7,12-13,19H,2,4-5,8-11H2,1H3. The maximum absolute atomic E-state index is 9.04. The average molecular weight is 262 g/mol. The van der Waals surface area contributed by atoms with E-state index in [0.717, 1.165) is 25.9 Å². The van der Waals surface area contributed by atoms with Gasteiger partial charge in [0.2, 0.25) is 0 Å². The van der Waals surface area contributed by atoms with Crippen molar-refractivity contribution in [3.8, 4) is 6.07 Å². The number of hydrogen-bond donors (Lipinski definition) is 1. The first kappa shape index (κ1) is 14.0. The number of aromatic nitrogens is 2. The molecule has 1 aliphatic heterocycles. The molecule has 0 spiro atoms. The Labute approximate surface area is 114 Å². The van der Waals surface area contributed by atoms with Crippen molar-refractivity contribution in [2.24, 2.45) is 0 Å². The van der Waals surface area contributed by atoms with Gasteiger partial charge >= 0.3 is 0 Å². The van der Waals surface area contributed by atoms with Crippen LogP contribution in [0.25, 0.3) is 0 Å². The average Bonchev–Trinajstić information content (AvgIpc) is 2.88.